The minimum absolute atomic E-state index is 0.0639. The second-order valence-corrected chi connectivity index (χ2v) is 4.65. The molecule has 0 aromatic heterocycles. The van der Waals surface area contributed by atoms with E-state index in [1.165, 1.54) is 0 Å². The van der Waals surface area contributed by atoms with Crippen molar-refractivity contribution in [2.45, 2.75) is 32.4 Å². The van der Waals surface area contributed by atoms with Gasteiger partial charge in [-0.1, -0.05) is 12.1 Å². The van der Waals surface area contributed by atoms with E-state index in [1.807, 2.05) is 31.2 Å². The highest BCUT2D eigenvalue weighted by atomic mass is 79.9. The van der Waals surface area contributed by atoms with E-state index in [4.69, 9.17) is 15.7 Å². The highest BCUT2D eigenvalue weighted by Crippen LogP contribution is 2.30. The first-order chi connectivity index (χ1) is 7.54. The summed E-state index contributed by atoms with van der Waals surface area (Å²) in [6, 6.07) is 7.91. The fourth-order valence-electron chi connectivity index (χ4n) is 1.40. The number of nitrogens with zero attached hydrogens (tertiary/aromatic N) is 1. The first-order valence-electron chi connectivity index (χ1n) is 5.13. The molecule has 3 nitrogen and oxygen atoms in total. The van der Waals surface area contributed by atoms with Crippen molar-refractivity contribution in [3.05, 3.63) is 28.2 Å². The molecular weight excluding hydrogens is 268 g/mol. The van der Waals surface area contributed by atoms with Gasteiger partial charge in [-0.25, -0.2) is 0 Å². The van der Waals surface area contributed by atoms with Gasteiger partial charge in [0.1, 0.15) is 11.8 Å². The quantitative estimate of drug-likeness (QED) is 0.924. The first kappa shape index (κ1) is 13.0. The smallest absolute Gasteiger partial charge is 0.181 e. The lowest BCUT2D eigenvalue weighted by atomic mass is 10.1. The van der Waals surface area contributed by atoms with E-state index in [-0.39, 0.29) is 6.04 Å². The molecule has 1 rings (SSSR count). The Morgan fingerprint density at radius 3 is 2.75 bits per heavy atom. The van der Waals surface area contributed by atoms with E-state index in [2.05, 4.69) is 15.9 Å². The maximum atomic E-state index is 8.74. The van der Waals surface area contributed by atoms with Gasteiger partial charge in [0.15, 0.2) is 6.10 Å². The molecule has 2 unspecified atom stereocenters. The highest BCUT2D eigenvalue weighted by molar-refractivity contribution is 9.10. The van der Waals surface area contributed by atoms with E-state index in [1.54, 1.807) is 6.92 Å². The van der Waals surface area contributed by atoms with Crippen molar-refractivity contribution in [3.8, 4) is 11.8 Å². The Morgan fingerprint density at radius 1 is 1.50 bits per heavy atom. The lowest BCUT2D eigenvalue weighted by molar-refractivity contribution is 0.271. The predicted molar refractivity (Wildman–Crippen MR) is 67.2 cm³/mol. The lowest BCUT2D eigenvalue weighted by Gasteiger charge is -2.15. The zero-order valence-corrected chi connectivity index (χ0v) is 11.0. The van der Waals surface area contributed by atoms with Crippen LogP contribution in [0.4, 0.5) is 0 Å². The molecule has 16 heavy (non-hydrogen) atoms. The fourth-order valence-corrected chi connectivity index (χ4v) is 1.90. The Morgan fingerprint density at radius 2 is 2.19 bits per heavy atom. The fraction of sp³-hybridized carbons (Fsp3) is 0.417. The Bertz CT molecular complexity index is 398. The average molecular weight is 283 g/mol. The van der Waals surface area contributed by atoms with Crippen LogP contribution in [0.2, 0.25) is 0 Å². The topological polar surface area (TPSA) is 59.0 Å². The molecule has 1 aromatic carbocycles. The zero-order valence-electron chi connectivity index (χ0n) is 9.40. The molecule has 0 heterocycles. The van der Waals surface area contributed by atoms with E-state index >= 15 is 0 Å². The third-order valence-corrected chi connectivity index (χ3v) is 2.69. The molecule has 86 valence electrons. The summed E-state index contributed by atoms with van der Waals surface area (Å²) < 4.78 is 6.42. The summed E-state index contributed by atoms with van der Waals surface area (Å²) in [6.45, 7) is 3.66. The standard InChI is InChI=1S/C12H15BrN2O/c1-8(15)6-10-4-3-5-11(13)12(10)16-9(2)7-14/h3-5,8-9H,6,15H2,1-2H3. The molecule has 0 radical (unpaired) electrons. The molecule has 0 bridgehead atoms. The molecule has 2 atom stereocenters. The van der Waals surface area contributed by atoms with Crippen molar-refractivity contribution in [1.82, 2.24) is 0 Å². The molecule has 0 saturated carbocycles. The van der Waals surface area contributed by atoms with Crippen LogP contribution in [-0.4, -0.2) is 12.1 Å². The molecule has 4 heteroatoms. The van der Waals surface area contributed by atoms with Crippen LogP contribution in [0.25, 0.3) is 0 Å². The number of benzene rings is 1. The van der Waals surface area contributed by atoms with Crippen LogP contribution in [-0.2, 0) is 6.42 Å². The number of hydrogen-bond acceptors (Lipinski definition) is 3. The summed E-state index contributed by atoms with van der Waals surface area (Å²) in [5.41, 5.74) is 6.79. The number of rotatable bonds is 4. The number of hydrogen-bond donors (Lipinski definition) is 1. The lowest BCUT2D eigenvalue weighted by Crippen LogP contribution is -2.19. The monoisotopic (exact) mass is 282 g/mol. The molecule has 2 N–H and O–H groups in total. The molecule has 0 spiro atoms. The molecule has 0 amide bonds. The van der Waals surface area contributed by atoms with Gasteiger partial charge in [0.05, 0.1) is 4.47 Å². The van der Waals surface area contributed by atoms with Crippen LogP contribution >= 0.6 is 15.9 Å². The second-order valence-electron chi connectivity index (χ2n) is 3.80. The van der Waals surface area contributed by atoms with Gasteiger partial charge in [-0.05, 0) is 47.8 Å². The van der Waals surface area contributed by atoms with Gasteiger partial charge in [0.25, 0.3) is 0 Å². The number of para-hydroxylation sites is 1. The molecule has 1 aromatic rings. The van der Waals surface area contributed by atoms with E-state index in [0.29, 0.717) is 5.75 Å². The van der Waals surface area contributed by atoms with Crippen LogP contribution in [0.5, 0.6) is 5.75 Å². The van der Waals surface area contributed by atoms with Crippen molar-refractivity contribution < 1.29 is 4.74 Å². The van der Waals surface area contributed by atoms with Crippen molar-refractivity contribution in [3.63, 3.8) is 0 Å². The van der Waals surface area contributed by atoms with Crippen molar-refractivity contribution in [2.75, 3.05) is 0 Å². The summed E-state index contributed by atoms with van der Waals surface area (Å²) in [6.07, 6.45) is 0.262. The van der Waals surface area contributed by atoms with Gasteiger partial charge in [-0.3, -0.25) is 0 Å². The third kappa shape index (κ3) is 3.51. The van der Waals surface area contributed by atoms with Crippen LogP contribution in [0.3, 0.4) is 0 Å². The van der Waals surface area contributed by atoms with Crippen molar-refractivity contribution in [1.29, 1.82) is 5.26 Å². The van der Waals surface area contributed by atoms with Gasteiger partial charge >= 0.3 is 0 Å². The summed E-state index contributed by atoms with van der Waals surface area (Å²) in [7, 11) is 0. The van der Waals surface area contributed by atoms with Crippen LogP contribution in [0.1, 0.15) is 19.4 Å². The van der Waals surface area contributed by atoms with Crippen LogP contribution in [0.15, 0.2) is 22.7 Å². The third-order valence-electron chi connectivity index (χ3n) is 2.07. The summed E-state index contributed by atoms with van der Waals surface area (Å²) >= 11 is 3.42. The Labute approximate surface area is 104 Å². The number of ether oxygens (including phenoxy) is 1. The molecule has 0 aliphatic heterocycles. The van der Waals surface area contributed by atoms with Crippen molar-refractivity contribution >= 4 is 15.9 Å². The molecular formula is C12H15BrN2O. The van der Waals surface area contributed by atoms with E-state index < -0.39 is 6.10 Å². The largest absolute Gasteiger partial charge is 0.474 e. The van der Waals surface area contributed by atoms with Crippen LogP contribution < -0.4 is 10.5 Å². The SMILES string of the molecule is CC(N)Cc1cccc(Br)c1OC(C)C#N. The van der Waals surface area contributed by atoms with E-state index in [0.717, 1.165) is 16.5 Å². The molecule has 0 aliphatic rings. The number of nitrogens with two attached hydrogens (primary N) is 1. The Balaban J connectivity index is 2.99. The van der Waals surface area contributed by atoms with E-state index in [9.17, 15) is 0 Å². The zero-order chi connectivity index (χ0) is 12.1. The van der Waals surface area contributed by atoms with Gasteiger partial charge in [0.2, 0.25) is 0 Å². The normalized spacial score (nSPS) is 13.9. The predicted octanol–water partition coefficient (Wildman–Crippen LogP) is 2.63. The average Bonchev–Trinajstić information content (AvgIpc) is 2.22. The second kappa shape index (κ2) is 5.88. The molecule has 0 aliphatic carbocycles. The van der Waals surface area contributed by atoms with Crippen molar-refractivity contribution in [2.24, 2.45) is 5.73 Å². The van der Waals surface area contributed by atoms with Gasteiger partial charge < -0.3 is 10.5 Å². The minimum atomic E-state index is -0.467. The maximum Gasteiger partial charge on any atom is 0.181 e. The summed E-state index contributed by atoms with van der Waals surface area (Å²) in [5, 5.41) is 8.74. The summed E-state index contributed by atoms with van der Waals surface area (Å²) in [5.74, 6) is 0.717. The van der Waals surface area contributed by atoms with Gasteiger partial charge in [-0.15, -0.1) is 0 Å². The molecule has 0 fully saturated rings. The maximum absolute atomic E-state index is 8.74. The number of halogens is 1. The minimum Gasteiger partial charge on any atom is -0.474 e. The number of nitriles is 1. The van der Waals surface area contributed by atoms with Gasteiger partial charge in [0, 0.05) is 6.04 Å². The Kier molecular flexibility index (Phi) is 4.78. The molecule has 0 saturated heterocycles. The van der Waals surface area contributed by atoms with Crippen LogP contribution in [0, 0.1) is 11.3 Å². The highest BCUT2D eigenvalue weighted by Gasteiger charge is 2.12. The van der Waals surface area contributed by atoms with Gasteiger partial charge in [-0.2, -0.15) is 5.26 Å². The Hall–Kier alpha value is -1.05. The summed E-state index contributed by atoms with van der Waals surface area (Å²) in [4.78, 5) is 0. The first-order valence-corrected chi connectivity index (χ1v) is 5.93.